The maximum Gasteiger partial charge on any atom is 0.573 e. The smallest absolute Gasteiger partial charge is 0.476 e. The fourth-order valence-corrected chi connectivity index (χ4v) is 3.12. The molecule has 1 saturated carbocycles. The van der Waals surface area contributed by atoms with Crippen molar-refractivity contribution in [1.29, 1.82) is 5.26 Å². The Hall–Kier alpha value is -3.13. The zero-order valence-electron chi connectivity index (χ0n) is 14.6. The normalized spacial score (nSPS) is 23.2. The van der Waals surface area contributed by atoms with Crippen LogP contribution in [0.5, 0.6) is 5.75 Å². The second-order valence-electron chi connectivity index (χ2n) is 6.27. The van der Waals surface area contributed by atoms with E-state index in [1.807, 2.05) is 5.43 Å². The average molecular weight is 400 g/mol. The van der Waals surface area contributed by atoms with Crippen molar-refractivity contribution in [1.82, 2.24) is 5.43 Å². The molecule has 8 nitrogen and oxygen atoms in total. The zero-order chi connectivity index (χ0) is 20.9. The number of nitrogens with one attached hydrogen (secondary N) is 1. The Kier molecular flexibility index (Phi) is 6.25. The number of hydrazine groups is 1. The Bertz CT molecular complexity index is 779. The van der Waals surface area contributed by atoms with Crippen molar-refractivity contribution >= 4 is 5.97 Å². The van der Waals surface area contributed by atoms with Gasteiger partial charge in [0.2, 0.25) is 5.88 Å². The molecule has 6 N–H and O–H groups in total. The van der Waals surface area contributed by atoms with Crippen LogP contribution < -0.4 is 21.7 Å². The molecule has 0 amide bonds. The summed E-state index contributed by atoms with van der Waals surface area (Å²) in [6, 6.07) is 7.43. The third kappa shape index (κ3) is 4.98. The molecule has 0 bridgehead atoms. The minimum atomic E-state index is -4.79. The largest absolute Gasteiger partial charge is 0.573 e. The standard InChI is InChI=1S/C17H19F3N4O4/c18-17(19,20)28-12-3-1-10(2-4-12)16(9-21)7-5-11(6-8-16)27-14(22)13(24-23)15(25)26/h1-4,11,24H,5-8,22-23H2,(H,25,26)/b14-13+. The summed E-state index contributed by atoms with van der Waals surface area (Å²) in [5.74, 6) is 3.00. The Morgan fingerprint density at radius 3 is 2.29 bits per heavy atom. The van der Waals surface area contributed by atoms with E-state index < -0.39 is 29.5 Å². The lowest BCUT2D eigenvalue weighted by atomic mass is 9.70. The van der Waals surface area contributed by atoms with Crippen molar-refractivity contribution in [3.63, 3.8) is 0 Å². The molecule has 11 heteroatoms. The lowest BCUT2D eigenvalue weighted by Gasteiger charge is -2.35. The minimum Gasteiger partial charge on any atom is -0.476 e. The van der Waals surface area contributed by atoms with E-state index in [0.717, 1.165) is 12.1 Å². The summed E-state index contributed by atoms with van der Waals surface area (Å²) in [5, 5.41) is 18.6. The fraction of sp³-hybridized carbons (Fsp3) is 0.412. The second kappa shape index (κ2) is 8.26. The number of hydrogen-bond donors (Lipinski definition) is 4. The number of rotatable bonds is 6. The van der Waals surface area contributed by atoms with Crippen molar-refractivity contribution in [2.75, 3.05) is 0 Å². The van der Waals surface area contributed by atoms with Gasteiger partial charge in [0, 0.05) is 0 Å². The van der Waals surface area contributed by atoms with Gasteiger partial charge in [-0.05, 0) is 43.4 Å². The molecule has 0 atom stereocenters. The van der Waals surface area contributed by atoms with E-state index in [1.165, 1.54) is 12.1 Å². The Labute approximate surface area is 158 Å². The molecule has 0 aromatic heterocycles. The molecule has 0 aliphatic heterocycles. The number of halogens is 3. The van der Waals surface area contributed by atoms with E-state index in [0.29, 0.717) is 31.2 Å². The van der Waals surface area contributed by atoms with Crippen LogP contribution in [-0.2, 0) is 14.9 Å². The molecule has 1 fully saturated rings. The number of ether oxygens (including phenoxy) is 2. The van der Waals surface area contributed by atoms with Crippen LogP contribution in [0, 0.1) is 11.3 Å². The Morgan fingerprint density at radius 2 is 1.86 bits per heavy atom. The molecule has 0 spiro atoms. The summed E-state index contributed by atoms with van der Waals surface area (Å²) in [5.41, 5.74) is 6.76. The predicted octanol–water partition coefficient (Wildman–Crippen LogP) is 1.98. The van der Waals surface area contributed by atoms with Gasteiger partial charge in [-0.3, -0.25) is 5.84 Å². The lowest BCUT2D eigenvalue weighted by Crippen LogP contribution is -2.36. The SMILES string of the molecule is N#CC1(c2ccc(OC(F)(F)F)cc2)CCC(O/C(N)=C(/NN)C(=O)O)CC1. The van der Waals surface area contributed by atoms with E-state index in [-0.39, 0.29) is 11.6 Å². The highest BCUT2D eigenvalue weighted by Gasteiger charge is 2.38. The number of carboxylic acid groups (broad SMARTS) is 1. The van der Waals surface area contributed by atoms with Crippen LogP contribution in [-0.4, -0.2) is 23.5 Å². The average Bonchev–Trinajstić information content (AvgIpc) is 2.62. The van der Waals surface area contributed by atoms with Gasteiger partial charge >= 0.3 is 12.3 Å². The van der Waals surface area contributed by atoms with Crippen molar-refractivity contribution < 1.29 is 32.5 Å². The number of benzene rings is 1. The molecule has 0 radical (unpaired) electrons. The van der Waals surface area contributed by atoms with Gasteiger partial charge in [-0.15, -0.1) is 13.2 Å². The van der Waals surface area contributed by atoms with Crippen molar-refractivity contribution in [3.05, 3.63) is 41.4 Å². The third-order valence-corrected chi connectivity index (χ3v) is 4.54. The van der Waals surface area contributed by atoms with Gasteiger partial charge in [0.25, 0.3) is 0 Å². The number of carboxylic acids is 1. The van der Waals surface area contributed by atoms with Crippen LogP contribution in [0.2, 0.25) is 0 Å². The van der Waals surface area contributed by atoms with E-state index in [1.54, 1.807) is 0 Å². The quantitative estimate of drug-likeness (QED) is 0.246. The zero-order valence-corrected chi connectivity index (χ0v) is 14.6. The molecule has 1 aliphatic carbocycles. The van der Waals surface area contributed by atoms with Gasteiger partial charge in [0.15, 0.2) is 5.70 Å². The van der Waals surface area contributed by atoms with Gasteiger partial charge < -0.3 is 25.7 Å². The maximum absolute atomic E-state index is 12.3. The molecule has 2 rings (SSSR count). The van der Waals surface area contributed by atoms with Gasteiger partial charge in [0.05, 0.1) is 11.5 Å². The first kappa shape index (κ1) is 21.2. The predicted molar refractivity (Wildman–Crippen MR) is 89.9 cm³/mol. The van der Waals surface area contributed by atoms with E-state index in [4.69, 9.17) is 21.4 Å². The molecular weight excluding hydrogens is 381 g/mol. The van der Waals surface area contributed by atoms with E-state index in [2.05, 4.69) is 10.8 Å². The number of alkyl halides is 3. The summed E-state index contributed by atoms with van der Waals surface area (Å²) >= 11 is 0. The Balaban J connectivity index is 2.08. The highest BCUT2D eigenvalue weighted by Crippen LogP contribution is 2.41. The number of nitriles is 1. The van der Waals surface area contributed by atoms with Crippen molar-refractivity contribution in [2.45, 2.75) is 43.6 Å². The molecule has 152 valence electrons. The topological polar surface area (TPSA) is 144 Å². The van der Waals surface area contributed by atoms with Crippen LogP contribution in [0.25, 0.3) is 0 Å². The van der Waals surface area contributed by atoms with E-state index >= 15 is 0 Å². The Morgan fingerprint density at radius 1 is 1.29 bits per heavy atom. The van der Waals surface area contributed by atoms with Gasteiger partial charge in [-0.1, -0.05) is 12.1 Å². The van der Waals surface area contributed by atoms with Gasteiger partial charge in [0.1, 0.15) is 11.9 Å². The number of aliphatic carboxylic acids is 1. The fourth-order valence-electron chi connectivity index (χ4n) is 3.12. The molecule has 28 heavy (non-hydrogen) atoms. The van der Waals surface area contributed by atoms with Crippen LogP contribution >= 0.6 is 0 Å². The first-order valence-corrected chi connectivity index (χ1v) is 8.24. The van der Waals surface area contributed by atoms with Crippen molar-refractivity contribution in [2.24, 2.45) is 11.6 Å². The summed E-state index contributed by atoms with van der Waals surface area (Å²) in [6.45, 7) is 0. The number of nitrogens with two attached hydrogens (primary N) is 2. The molecule has 0 heterocycles. The molecule has 0 unspecified atom stereocenters. The summed E-state index contributed by atoms with van der Waals surface area (Å²) in [4.78, 5) is 11.0. The van der Waals surface area contributed by atoms with Crippen LogP contribution in [0.15, 0.2) is 35.8 Å². The van der Waals surface area contributed by atoms with E-state index in [9.17, 15) is 23.2 Å². The third-order valence-electron chi connectivity index (χ3n) is 4.54. The summed E-state index contributed by atoms with van der Waals surface area (Å²) in [7, 11) is 0. The monoisotopic (exact) mass is 400 g/mol. The highest BCUT2D eigenvalue weighted by atomic mass is 19.4. The minimum absolute atomic E-state index is 0.360. The number of carbonyl (C=O) groups is 1. The van der Waals surface area contributed by atoms with Crippen LogP contribution in [0.4, 0.5) is 13.2 Å². The maximum atomic E-state index is 12.3. The van der Waals surface area contributed by atoms with Gasteiger partial charge in [-0.2, -0.15) is 5.26 Å². The first-order chi connectivity index (χ1) is 13.1. The van der Waals surface area contributed by atoms with Gasteiger partial charge in [-0.25, -0.2) is 4.79 Å². The number of hydrogen-bond acceptors (Lipinski definition) is 7. The van der Waals surface area contributed by atoms with Crippen molar-refractivity contribution in [3.8, 4) is 11.8 Å². The van der Waals surface area contributed by atoms with Crippen LogP contribution in [0.3, 0.4) is 0 Å². The number of nitrogens with zero attached hydrogens (tertiary/aromatic N) is 1. The first-order valence-electron chi connectivity index (χ1n) is 8.24. The molecule has 1 aliphatic rings. The summed E-state index contributed by atoms with van der Waals surface area (Å²) in [6.07, 6.45) is -3.69. The second-order valence-corrected chi connectivity index (χ2v) is 6.27. The molecule has 1 aromatic carbocycles. The molecular formula is C17H19F3N4O4. The van der Waals surface area contributed by atoms with Crippen LogP contribution in [0.1, 0.15) is 31.2 Å². The summed E-state index contributed by atoms with van der Waals surface area (Å²) < 4.78 is 46.1. The molecule has 0 saturated heterocycles. The lowest BCUT2D eigenvalue weighted by molar-refractivity contribution is -0.274. The highest BCUT2D eigenvalue weighted by molar-refractivity contribution is 5.86. The molecule has 1 aromatic rings.